The lowest BCUT2D eigenvalue weighted by atomic mass is 9.92. The van der Waals surface area contributed by atoms with Crippen molar-refractivity contribution in [2.24, 2.45) is 0 Å². The molecule has 1 aliphatic rings. The van der Waals surface area contributed by atoms with Gasteiger partial charge in [-0.3, -0.25) is 4.90 Å². The van der Waals surface area contributed by atoms with Crippen molar-refractivity contribution in [3.05, 3.63) is 28.5 Å². The van der Waals surface area contributed by atoms with Crippen molar-refractivity contribution in [3.63, 3.8) is 0 Å². The van der Waals surface area contributed by atoms with Gasteiger partial charge in [-0.1, -0.05) is 0 Å². The van der Waals surface area contributed by atoms with Gasteiger partial charge in [0.1, 0.15) is 5.76 Å². The summed E-state index contributed by atoms with van der Waals surface area (Å²) in [5.74, 6) is 1.55. The van der Waals surface area contributed by atoms with Gasteiger partial charge >= 0.3 is 0 Å². The number of thiophene rings is 1. The van der Waals surface area contributed by atoms with Crippen LogP contribution in [0.3, 0.4) is 0 Å². The molecule has 120 valence electrons. The number of aliphatic hydroxyl groups excluding tert-OH is 1. The number of likely N-dealkylation sites (tertiary alicyclic amines) is 1. The van der Waals surface area contributed by atoms with E-state index in [9.17, 15) is 10.2 Å². The number of aryl methyl sites for hydroxylation is 2. The first-order valence-corrected chi connectivity index (χ1v) is 8.45. The fourth-order valence-corrected chi connectivity index (χ4v) is 3.61. The zero-order valence-electron chi connectivity index (χ0n) is 13.0. The summed E-state index contributed by atoms with van der Waals surface area (Å²) in [6.07, 6.45) is 1.19. The first-order chi connectivity index (χ1) is 10.5. The molecule has 0 aromatic carbocycles. The van der Waals surface area contributed by atoms with E-state index in [1.165, 1.54) is 5.56 Å². The van der Waals surface area contributed by atoms with Gasteiger partial charge in [-0.2, -0.15) is 0 Å². The number of aliphatic hydroxyl groups is 2. The van der Waals surface area contributed by atoms with Crippen LogP contribution in [-0.4, -0.2) is 45.4 Å². The van der Waals surface area contributed by atoms with Crippen molar-refractivity contribution in [2.75, 3.05) is 19.7 Å². The molecule has 2 aromatic rings. The summed E-state index contributed by atoms with van der Waals surface area (Å²) in [6, 6.07) is 2.07. The third-order valence-corrected chi connectivity index (χ3v) is 5.41. The molecule has 3 rings (SSSR count). The van der Waals surface area contributed by atoms with Gasteiger partial charge in [0, 0.05) is 19.6 Å². The quantitative estimate of drug-likeness (QED) is 0.904. The molecule has 1 saturated heterocycles. The van der Waals surface area contributed by atoms with Crippen LogP contribution in [0.4, 0.5) is 0 Å². The van der Waals surface area contributed by atoms with Crippen LogP contribution in [0.2, 0.25) is 0 Å². The summed E-state index contributed by atoms with van der Waals surface area (Å²) in [6.45, 7) is 6.09. The van der Waals surface area contributed by atoms with Crippen molar-refractivity contribution >= 4 is 11.3 Å². The zero-order chi connectivity index (χ0) is 15.7. The molecular formula is C16H22N2O3S. The number of nitrogens with zero attached hydrogens (tertiary/aromatic N) is 2. The molecule has 0 amide bonds. The van der Waals surface area contributed by atoms with Crippen molar-refractivity contribution in [1.29, 1.82) is 0 Å². The van der Waals surface area contributed by atoms with Crippen LogP contribution in [0, 0.1) is 13.8 Å². The van der Waals surface area contributed by atoms with E-state index in [2.05, 4.69) is 22.9 Å². The molecule has 2 aromatic heterocycles. The summed E-state index contributed by atoms with van der Waals surface area (Å²) in [5.41, 5.74) is 1.23. The average Bonchev–Trinajstić information content (AvgIpc) is 3.08. The lowest BCUT2D eigenvalue weighted by Crippen LogP contribution is -2.46. The van der Waals surface area contributed by atoms with Crippen molar-refractivity contribution in [3.8, 4) is 10.8 Å². The molecule has 0 bridgehead atoms. The van der Waals surface area contributed by atoms with Crippen LogP contribution in [0.15, 0.2) is 15.9 Å². The third-order valence-electron chi connectivity index (χ3n) is 4.40. The Kier molecular flexibility index (Phi) is 4.36. The maximum Gasteiger partial charge on any atom is 0.237 e. The predicted molar refractivity (Wildman–Crippen MR) is 85.8 cm³/mol. The molecular weight excluding hydrogens is 300 g/mol. The zero-order valence-corrected chi connectivity index (χ0v) is 13.8. The molecule has 22 heavy (non-hydrogen) atoms. The maximum absolute atomic E-state index is 10.1. The molecule has 6 heteroatoms. The van der Waals surface area contributed by atoms with Gasteiger partial charge < -0.3 is 14.6 Å². The summed E-state index contributed by atoms with van der Waals surface area (Å²) in [5, 5.41) is 21.3. The van der Waals surface area contributed by atoms with Gasteiger partial charge in [0.15, 0.2) is 0 Å². The van der Waals surface area contributed by atoms with Crippen molar-refractivity contribution in [2.45, 2.75) is 38.8 Å². The number of piperidine rings is 1. The van der Waals surface area contributed by atoms with E-state index in [1.807, 2.05) is 12.3 Å². The van der Waals surface area contributed by atoms with Crippen LogP contribution >= 0.6 is 11.3 Å². The fourth-order valence-electron chi connectivity index (χ4n) is 2.76. The van der Waals surface area contributed by atoms with Crippen LogP contribution in [0.5, 0.6) is 0 Å². The van der Waals surface area contributed by atoms with E-state index in [0.717, 1.165) is 36.0 Å². The van der Waals surface area contributed by atoms with Gasteiger partial charge in [-0.15, -0.1) is 11.3 Å². The predicted octanol–water partition coefficient (Wildman–Crippen LogP) is 2.34. The van der Waals surface area contributed by atoms with Crippen LogP contribution in [0.25, 0.3) is 10.8 Å². The Morgan fingerprint density at radius 1 is 1.36 bits per heavy atom. The Morgan fingerprint density at radius 3 is 2.68 bits per heavy atom. The van der Waals surface area contributed by atoms with Gasteiger partial charge in [-0.05, 0) is 43.7 Å². The largest absolute Gasteiger partial charge is 0.440 e. The molecule has 0 aliphatic carbocycles. The van der Waals surface area contributed by atoms with Crippen LogP contribution in [-0.2, 0) is 6.54 Å². The highest BCUT2D eigenvalue weighted by atomic mass is 32.1. The Balaban J connectivity index is 1.69. The molecule has 1 aliphatic heterocycles. The lowest BCUT2D eigenvalue weighted by Gasteiger charge is -2.36. The highest BCUT2D eigenvalue weighted by molar-refractivity contribution is 7.13. The van der Waals surface area contributed by atoms with Crippen molar-refractivity contribution in [1.82, 2.24) is 9.88 Å². The second-order valence-electron chi connectivity index (χ2n) is 6.11. The highest BCUT2D eigenvalue weighted by Crippen LogP contribution is 2.30. The second-order valence-corrected chi connectivity index (χ2v) is 7.03. The molecule has 1 fully saturated rings. The summed E-state index contributed by atoms with van der Waals surface area (Å²) in [4.78, 5) is 7.99. The summed E-state index contributed by atoms with van der Waals surface area (Å²) < 4.78 is 5.83. The van der Waals surface area contributed by atoms with Crippen LogP contribution < -0.4 is 0 Å². The first-order valence-electron chi connectivity index (χ1n) is 7.57. The minimum absolute atomic E-state index is 0.161. The SMILES string of the molecule is Cc1ccsc1-c1nc(CN2CCC(O)(CO)CC2)c(C)o1. The number of hydrogen-bond acceptors (Lipinski definition) is 6. The fraction of sp³-hybridized carbons (Fsp3) is 0.562. The summed E-state index contributed by atoms with van der Waals surface area (Å²) >= 11 is 1.64. The molecule has 0 spiro atoms. The molecule has 2 N–H and O–H groups in total. The molecule has 0 radical (unpaired) electrons. The van der Waals surface area contributed by atoms with Gasteiger partial charge in [0.2, 0.25) is 5.89 Å². The normalized spacial score (nSPS) is 18.7. The van der Waals surface area contributed by atoms with E-state index in [1.54, 1.807) is 11.3 Å². The Morgan fingerprint density at radius 2 is 2.09 bits per heavy atom. The Hall–Kier alpha value is -1.21. The molecule has 5 nitrogen and oxygen atoms in total. The third kappa shape index (κ3) is 3.10. The Labute approximate surface area is 134 Å². The molecule has 0 atom stereocenters. The van der Waals surface area contributed by atoms with E-state index in [0.29, 0.717) is 18.7 Å². The van der Waals surface area contributed by atoms with E-state index in [-0.39, 0.29) is 6.61 Å². The van der Waals surface area contributed by atoms with E-state index < -0.39 is 5.60 Å². The topological polar surface area (TPSA) is 69.7 Å². The first kappa shape index (κ1) is 15.7. The second kappa shape index (κ2) is 6.12. The monoisotopic (exact) mass is 322 g/mol. The van der Waals surface area contributed by atoms with Gasteiger partial charge in [0.05, 0.1) is 22.8 Å². The summed E-state index contributed by atoms with van der Waals surface area (Å²) in [7, 11) is 0. The minimum atomic E-state index is -0.908. The van der Waals surface area contributed by atoms with Crippen LogP contribution in [0.1, 0.15) is 29.9 Å². The lowest BCUT2D eigenvalue weighted by molar-refractivity contribution is -0.0608. The number of hydrogen-bond donors (Lipinski definition) is 2. The van der Waals surface area contributed by atoms with E-state index in [4.69, 9.17) is 4.42 Å². The van der Waals surface area contributed by atoms with Crippen molar-refractivity contribution < 1.29 is 14.6 Å². The van der Waals surface area contributed by atoms with Gasteiger partial charge in [-0.25, -0.2) is 4.98 Å². The van der Waals surface area contributed by atoms with Gasteiger partial charge in [0.25, 0.3) is 0 Å². The standard InChI is InChI=1S/C16H22N2O3S/c1-11-3-8-22-14(11)15-17-13(12(2)21-15)9-18-6-4-16(20,10-19)5-7-18/h3,8,19-20H,4-7,9-10H2,1-2H3. The Bertz CT molecular complexity index is 642. The smallest absolute Gasteiger partial charge is 0.237 e. The molecule has 3 heterocycles. The minimum Gasteiger partial charge on any atom is -0.440 e. The number of aromatic nitrogens is 1. The maximum atomic E-state index is 10.1. The molecule has 0 saturated carbocycles. The molecule has 0 unspecified atom stereocenters. The number of oxazole rings is 1. The average molecular weight is 322 g/mol. The van der Waals surface area contributed by atoms with E-state index >= 15 is 0 Å². The highest BCUT2D eigenvalue weighted by Gasteiger charge is 2.32. The number of rotatable bonds is 4.